The van der Waals surface area contributed by atoms with Crippen molar-refractivity contribution in [3.8, 4) is 11.5 Å². The Labute approximate surface area is 102 Å². The summed E-state index contributed by atoms with van der Waals surface area (Å²) in [7, 11) is 0. The first kappa shape index (κ1) is 15.7. The Balaban J connectivity index is 0.000000437. The molecule has 1 aromatic carbocycles. The van der Waals surface area contributed by atoms with Gasteiger partial charge in [0.05, 0.1) is 12.7 Å². The molecule has 0 spiro atoms. The van der Waals surface area contributed by atoms with Crippen molar-refractivity contribution in [3.63, 3.8) is 0 Å². The Morgan fingerprint density at radius 2 is 1.65 bits per heavy atom. The maximum absolute atomic E-state index is 9.46. The molecule has 0 aliphatic carbocycles. The van der Waals surface area contributed by atoms with Crippen LogP contribution in [0.2, 0.25) is 0 Å². The van der Waals surface area contributed by atoms with Crippen LogP contribution in [-0.2, 0) is 5.41 Å². The van der Waals surface area contributed by atoms with Gasteiger partial charge < -0.3 is 20.4 Å². The number of aliphatic hydroxyl groups is 2. The Hall–Kier alpha value is -1.26. The lowest BCUT2D eigenvalue weighted by atomic mass is 9.86. The number of rotatable bonds is 1. The van der Waals surface area contributed by atoms with Crippen molar-refractivity contribution in [2.45, 2.75) is 39.2 Å². The highest BCUT2D eigenvalue weighted by Gasteiger charge is 2.17. The van der Waals surface area contributed by atoms with Gasteiger partial charge in [-0.25, -0.2) is 0 Å². The molecule has 0 saturated heterocycles. The van der Waals surface area contributed by atoms with Gasteiger partial charge in [-0.1, -0.05) is 20.8 Å². The minimum Gasteiger partial charge on any atom is -0.508 e. The van der Waals surface area contributed by atoms with Crippen molar-refractivity contribution < 1.29 is 20.4 Å². The Morgan fingerprint density at radius 3 is 1.94 bits per heavy atom. The maximum Gasteiger partial charge on any atom is 0.119 e. The van der Waals surface area contributed by atoms with Gasteiger partial charge in [-0.3, -0.25) is 0 Å². The average Bonchev–Trinajstić information content (AvgIpc) is 2.21. The van der Waals surface area contributed by atoms with E-state index in [4.69, 9.17) is 10.2 Å². The van der Waals surface area contributed by atoms with Crippen LogP contribution in [0.1, 0.15) is 33.3 Å². The highest BCUT2D eigenvalue weighted by molar-refractivity contribution is 5.42. The van der Waals surface area contributed by atoms with Gasteiger partial charge in [0, 0.05) is 5.56 Å². The molecule has 0 bridgehead atoms. The third kappa shape index (κ3) is 6.14. The highest BCUT2D eigenvalue weighted by Crippen LogP contribution is 2.32. The molecule has 0 amide bonds. The third-order valence-corrected chi connectivity index (χ3v) is 2.05. The van der Waals surface area contributed by atoms with Crippen LogP contribution in [-0.4, -0.2) is 33.1 Å². The summed E-state index contributed by atoms with van der Waals surface area (Å²) in [6, 6.07) is 4.58. The molecule has 4 heteroatoms. The van der Waals surface area contributed by atoms with E-state index in [-0.39, 0.29) is 23.5 Å². The monoisotopic (exact) mass is 242 g/mol. The van der Waals surface area contributed by atoms with Gasteiger partial charge in [-0.05, 0) is 30.5 Å². The summed E-state index contributed by atoms with van der Waals surface area (Å²) in [6.07, 6.45) is -0.560. The second-order valence-corrected chi connectivity index (χ2v) is 4.98. The summed E-state index contributed by atoms with van der Waals surface area (Å²) in [5.74, 6) is 0.429. The van der Waals surface area contributed by atoms with E-state index in [0.29, 0.717) is 0 Å². The minimum absolute atomic E-state index is 0.136. The van der Waals surface area contributed by atoms with Crippen LogP contribution in [0.4, 0.5) is 0 Å². The van der Waals surface area contributed by atoms with E-state index in [1.807, 2.05) is 20.8 Å². The number of aliphatic hydroxyl groups excluding tert-OH is 2. The number of hydrogen-bond acceptors (Lipinski definition) is 4. The van der Waals surface area contributed by atoms with E-state index in [2.05, 4.69) is 0 Å². The van der Waals surface area contributed by atoms with Crippen LogP contribution in [0.3, 0.4) is 0 Å². The normalized spacial score (nSPS) is 12.6. The van der Waals surface area contributed by atoms with E-state index in [1.165, 1.54) is 19.1 Å². The number of benzene rings is 1. The van der Waals surface area contributed by atoms with Crippen molar-refractivity contribution in [2.75, 3.05) is 6.61 Å². The quantitative estimate of drug-likeness (QED) is 0.566. The SMILES string of the molecule is CC(C)(C)c1cc(O)ccc1O.CC(O)CO. The number of hydrogen-bond donors (Lipinski definition) is 4. The smallest absolute Gasteiger partial charge is 0.119 e. The Bertz CT molecular complexity index is 340. The lowest BCUT2D eigenvalue weighted by molar-refractivity contribution is 0.110. The predicted octanol–water partition coefficient (Wildman–Crippen LogP) is 1.75. The standard InChI is InChI=1S/C10H14O2.C3H8O2/c1-10(2,3)8-6-7(11)4-5-9(8)12;1-3(5)2-4/h4-6,11-12H,1-3H3;3-5H,2H2,1H3. The topological polar surface area (TPSA) is 80.9 Å². The fourth-order valence-electron chi connectivity index (χ4n) is 1.12. The fourth-order valence-corrected chi connectivity index (χ4v) is 1.12. The van der Waals surface area contributed by atoms with Gasteiger partial charge in [-0.15, -0.1) is 0 Å². The fraction of sp³-hybridized carbons (Fsp3) is 0.538. The number of phenols is 2. The zero-order valence-electron chi connectivity index (χ0n) is 10.8. The summed E-state index contributed by atoms with van der Waals surface area (Å²) in [6.45, 7) is 7.35. The van der Waals surface area contributed by atoms with Crippen LogP contribution in [0.15, 0.2) is 18.2 Å². The van der Waals surface area contributed by atoms with Crippen molar-refractivity contribution >= 4 is 0 Å². The van der Waals surface area contributed by atoms with Crippen molar-refractivity contribution in [1.82, 2.24) is 0 Å². The Morgan fingerprint density at radius 1 is 1.18 bits per heavy atom. The molecule has 0 aliphatic heterocycles. The van der Waals surface area contributed by atoms with E-state index >= 15 is 0 Å². The van der Waals surface area contributed by atoms with Gasteiger partial charge in [0.1, 0.15) is 11.5 Å². The summed E-state index contributed by atoms with van der Waals surface area (Å²) < 4.78 is 0. The molecular formula is C13H22O4. The highest BCUT2D eigenvalue weighted by atomic mass is 16.3. The molecular weight excluding hydrogens is 220 g/mol. The molecule has 1 rings (SSSR count). The minimum atomic E-state index is -0.560. The molecule has 98 valence electrons. The van der Waals surface area contributed by atoms with Crippen molar-refractivity contribution in [1.29, 1.82) is 0 Å². The van der Waals surface area contributed by atoms with Crippen LogP contribution >= 0.6 is 0 Å². The molecule has 0 saturated carbocycles. The molecule has 0 fully saturated rings. The number of phenolic OH excluding ortho intramolecular Hbond substituents is 2. The Kier molecular flexibility index (Phi) is 5.99. The molecule has 1 aromatic rings. The van der Waals surface area contributed by atoms with Crippen molar-refractivity contribution in [3.05, 3.63) is 23.8 Å². The van der Waals surface area contributed by atoms with Gasteiger partial charge in [0.15, 0.2) is 0 Å². The predicted molar refractivity (Wildman–Crippen MR) is 67.2 cm³/mol. The number of aromatic hydroxyl groups is 2. The first-order valence-electron chi connectivity index (χ1n) is 5.50. The van der Waals surface area contributed by atoms with Crippen LogP contribution < -0.4 is 0 Å². The van der Waals surface area contributed by atoms with E-state index in [9.17, 15) is 10.2 Å². The zero-order chi connectivity index (χ0) is 13.6. The summed E-state index contributed by atoms with van der Waals surface area (Å²) in [5.41, 5.74) is 0.630. The molecule has 4 nitrogen and oxygen atoms in total. The second kappa shape index (κ2) is 6.47. The van der Waals surface area contributed by atoms with E-state index in [1.54, 1.807) is 6.07 Å². The first-order chi connectivity index (χ1) is 7.68. The summed E-state index contributed by atoms with van der Waals surface area (Å²) >= 11 is 0. The molecule has 0 heterocycles. The van der Waals surface area contributed by atoms with Crippen molar-refractivity contribution in [2.24, 2.45) is 0 Å². The average molecular weight is 242 g/mol. The maximum atomic E-state index is 9.46. The van der Waals surface area contributed by atoms with Gasteiger partial charge in [-0.2, -0.15) is 0 Å². The molecule has 4 N–H and O–H groups in total. The van der Waals surface area contributed by atoms with Gasteiger partial charge >= 0.3 is 0 Å². The zero-order valence-corrected chi connectivity index (χ0v) is 10.8. The second-order valence-electron chi connectivity index (χ2n) is 4.98. The molecule has 0 aliphatic rings. The first-order valence-corrected chi connectivity index (χ1v) is 5.50. The lowest BCUT2D eigenvalue weighted by Gasteiger charge is -2.20. The van der Waals surface area contributed by atoms with Gasteiger partial charge in [0.2, 0.25) is 0 Å². The summed E-state index contributed by atoms with van der Waals surface area (Å²) in [4.78, 5) is 0. The molecule has 0 radical (unpaired) electrons. The van der Waals surface area contributed by atoms with E-state index in [0.717, 1.165) is 5.56 Å². The lowest BCUT2D eigenvalue weighted by Crippen LogP contribution is -2.10. The van der Waals surface area contributed by atoms with Gasteiger partial charge in [0.25, 0.3) is 0 Å². The van der Waals surface area contributed by atoms with Crippen LogP contribution in [0.25, 0.3) is 0 Å². The van der Waals surface area contributed by atoms with Crippen LogP contribution in [0.5, 0.6) is 11.5 Å². The molecule has 17 heavy (non-hydrogen) atoms. The molecule has 0 aromatic heterocycles. The largest absolute Gasteiger partial charge is 0.508 e. The molecule has 1 unspecified atom stereocenters. The molecule has 1 atom stereocenters. The van der Waals surface area contributed by atoms with Crippen LogP contribution in [0, 0.1) is 0 Å². The van der Waals surface area contributed by atoms with E-state index < -0.39 is 6.10 Å². The third-order valence-electron chi connectivity index (χ3n) is 2.05. The summed E-state index contributed by atoms with van der Waals surface area (Å²) in [5, 5.41) is 34.7.